The minimum atomic E-state index is -1.08. The van der Waals surface area contributed by atoms with Gasteiger partial charge in [0.25, 0.3) is 0 Å². The summed E-state index contributed by atoms with van der Waals surface area (Å²) in [7, 11) is -2.16. The predicted octanol–water partition coefficient (Wildman–Crippen LogP) is 0.738. The van der Waals surface area contributed by atoms with Gasteiger partial charge in [0, 0.05) is 39.6 Å². The van der Waals surface area contributed by atoms with E-state index in [1.165, 1.54) is 5.56 Å². The molecule has 0 radical (unpaired) electrons. The maximum Gasteiger partial charge on any atom is 0.167 e. The van der Waals surface area contributed by atoms with E-state index in [0.717, 1.165) is 18.5 Å². The monoisotopic (exact) mass is 297 g/mol. The van der Waals surface area contributed by atoms with Crippen molar-refractivity contribution in [3.05, 3.63) is 35.4 Å². The second-order valence-electron chi connectivity index (χ2n) is 5.18. The third kappa shape index (κ3) is 1.51. The molecule has 1 spiro atoms. The molecule has 1 aromatic rings. The molecule has 1 aromatic carbocycles. The number of benzene rings is 1. The molecule has 0 bridgehead atoms. The van der Waals surface area contributed by atoms with Crippen molar-refractivity contribution in [1.29, 1.82) is 0 Å². The van der Waals surface area contributed by atoms with Gasteiger partial charge in [0.1, 0.15) is 0 Å². The first-order valence-electron chi connectivity index (χ1n) is 6.48. The molecule has 2 saturated heterocycles. The Labute approximate surface area is 117 Å². The SMILES string of the molecule is O=S1CCS(=O)C12CON1CCc3ccccc3[C@@H]12. The first-order chi connectivity index (χ1) is 9.23. The normalized spacial score (nSPS) is 41.4. The van der Waals surface area contributed by atoms with Crippen molar-refractivity contribution in [3.8, 4) is 0 Å². The highest BCUT2D eigenvalue weighted by Crippen LogP contribution is 2.49. The fourth-order valence-electron chi connectivity index (χ4n) is 3.37. The zero-order chi connectivity index (χ0) is 13.0. The summed E-state index contributed by atoms with van der Waals surface area (Å²) in [4.78, 5) is 5.74. The maximum absolute atomic E-state index is 12.5. The van der Waals surface area contributed by atoms with E-state index in [2.05, 4.69) is 12.1 Å². The molecular formula is C13H15NO3S2. The summed E-state index contributed by atoms with van der Waals surface area (Å²) in [6.45, 7) is 1.11. The van der Waals surface area contributed by atoms with Crippen LogP contribution < -0.4 is 0 Å². The summed E-state index contributed by atoms with van der Waals surface area (Å²) in [6, 6.07) is 8.09. The smallest absolute Gasteiger partial charge is 0.167 e. The predicted molar refractivity (Wildman–Crippen MR) is 74.3 cm³/mol. The molecule has 0 aliphatic carbocycles. The zero-order valence-corrected chi connectivity index (χ0v) is 12.0. The Bertz CT molecular complexity index is 573. The molecule has 0 saturated carbocycles. The van der Waals surface area contributed by atoms with Crippen LogP contribution in [0.3, 0.4) is 0 Å². The van der Waals surface area contributed by atoms with E-state index in [0.29, 0.717) is 18.1 Å². The average molecular weight is 297 g/mol. The molecule has 3 heterocycles. The molecule has 3 atom stereocenters. The van der Waals surface area contributed by atoms with Crippen LogP contribution in [0.5, 0.6) is 0 Å². The summed E-state index contributed by atoms with van der Waals surface area (Å²) in [5.74, 6) is 1.06. The van der Waals surface area contributed by atoms with Gasteiger partial charge in [-0.3, -0.25) is 13.3 Å². The van der Waals surface area contributed by atoms with E-state index in [-0.39, 0.29) is 6.04 Å². The van der Waals surface area contributed by atoms with E-state index >= 15 is 0 Å². The fraction of sp³-hybridized carbons (Fsp3) is 0.538. The molecule has 0 N–H and O–H groups in total. The largest absolute Gasteiger partial charge is 0.296 e. The van der Waals surface area contributed by atoms with Crippen LogP contribution >= 0.6 is 0 Å². The van der Waals surface area contributed by atoms with Crippen LogP contribution in [0.15, 0.2) is 24.3 Å². The second-order valence-corrected chi connectivity index (χ2v) is 9.09. The van der Waals surface area contributed by atoms with Gasteiger partial charge in [-0.2, -0.15) is 5.06 Å². The highest BCUT2D eigenvalue weighted by Gasteiger charge is 2.61. The van der Waals surface area contributed by atoms with Crippen molar-refractivity contribution in [2.24, 2.45) is 0 Å². The van der Waals surface area contributed by atoms with E-state index in [1.807, 2.05) is 17.2 Å². The number of hydrogen-bond donors (Lipinski definition) is 0. The Balaban J connectivity index is 1.90. The Hall–Kier alpha value is -0.560. The van der Waals surface area contributed by atoms with Crippen LogP contribution in [0.2, 0.25) is 0 Å². The van der Waals surface area contributed by atoms with E-state index < -0.39 is 25.7 Å². The fourth-order valence-corrected chi connectivity index (χ4v) is 7.96. The Morgan fingerprint density at radius 1 is 1.21 bits per heavy atom. The van der Waals surface area contributed by atoms with Gasteiger partial charge in [-0.1, -0.05) is 24.3 Å². The van der Waals surface area contributed by atoms with Crippen LogP contribution in [0.1, 0.15) is 17.2 Å². The van der Waals surface area contributed by atoms with E-state index in [9.17, 15) is 8.42 Å². The van der Waals surface area contributed by atoms with Crippen LogP contribution in [-0.2, 0) is 32.9 Å². The number of hydrogen-bond acceptors (Lipinski definition) is 4. The lowest BCUT2D eigenvalue weighted by molar-refractivity contribution is -0.136. The highest BCUT2D eigenvalue weighted by atomic mass is 32.3. The lowest BCUT2D eigenvalue weighted by atomic mass is 9.92. The first-order valence-corrected chi connectivity index (χ1v) is 9.11. The van der Waals surface area contributed by atoms with E-state index in [4.69, 9.17) is 4.84 Å². The highest BCUT2D eigenvalue weighted by molar-refractivity contribution is 8.07. The van der Waals surface area contributed by atoms with Gasteiger partial charge < -0.3 is 0 Å². The van der Waals surface area contributed by atoms with Gasteiger partial charge in [-0.25, -0.2) is 0 Å². The Morgan fingerprint density at radius 2 is 1.95 bits per heavy atom. The molecule has 2 fully saturated rings. The Morgan fingerprint density at radius 3 is 2.74 bits per heavy atom. The van der Waals surface area contributed by atoms with Crippen LogP contribution in [0.25, 0.3) is 0 Å². The molecule has 0 aromatic heterocycles. The molecule has 4 rings (SSSR count). The molecule has 4 nitrogen and oxygen atoms in total. The molecule has 102 valence electrons. The molecule has 2 unspecified atom stereocenters. The molecule has 6 heteroatoms. The van der Waals surface area contributed by atoms with E-state index in [1.54, 1.807) is 0 Å². The average Bonchev–Trinajstić information content (AvgIpc) is 2.97. The summed E-state index contributed by atoms with van der Waals surface area (Å²) in [5.41, 5.74) is 2.42. The van der Waals surface area contributed by atoms with Gasteiger partial charge in [0.15, 0.2) is 4.08 Å². The van der Waals surface area contributed by atoms with Crippen LogP contribution in [-0.4, -0.2) is 42.2 Å². The third-order valence-corrected chi connectivity index (χ3v) is 9.06. The standard InChI is InChI=1S/C13H15NO3S2/c15-18-7-8-19(16)13(18)9-17-14-6-5-10-3-1-2-4-11(10)12(13)14/h1-4,12H,5-9H2/t12-,13?,18?,19?/m1/s1. The van der Waals surface area contributed by atoms with Gasteiger partial charge in [0.05, 0.1) is 12.6 Å². The minimum absolute atomic E-state index is 0.110. The van der Waals surface area contributed by atoms with Gasteiger partial charge >= 0.3 is 0 Å². The van der Waals surface area contributed by atoms with Crippen molar-refractivity contribution in [3.63, 3.8) is 0 Å². The van der Waals surface area contributed by atoms with Crippen LogP contribution in [0.4, 0.5) is 0 Å². The molecule has 3 aliphatic rings. The lowest BCUT2D eigenvalue weighted by Crippen LogP contribution is -2.45. The number of rotatable bonds is 0. The summed E-state index contributed by atoms with van der Waals surface area (Å²) >= 11 is 0. The summed E-state index contributed by atoms with van der Waals surface area (Å²) < 4.78 is 24.3. The first kappa shape index (κ1) is 12.2. The van der Waals surface area contributed by atoms with Crippen molar-refractivity contribution in [2.75, 3.05) is 24.7 Å². The minimum Gasteiger partial charge on any atom is -0.296 e. The molecule has 19 heavy (non-hydrogen) atoms. The molecule has 0 amide bonds. The topological polar surface area (TPSA) is 46.6 Å². The van der Waals surface area contributed by atoms with Crippen molar-refractivity contribution >= 4 is 21.6 Å². The van der Waals surface area contributed by atoms with Crippen molar-refractivity contribution < 1.29 is 13.3 Å². The summed E-state index contributed by atoms with van der Waals surface area (Å²) in [6.07, 6.45) is 0.933. The molecule has 3 aliphatic heterocycles. The van der Waals surface area contributed by atoms with Crippen molar-refractivity contribution in [2.45, 2.75) is 16.5 Å². The van der Waals surface area contributed by atoms with Crippen LogP contribution in [0, 0.1) is 0 Å². The van der Waals surface area contributed by atoms with Crippen molar-refractivity contribution in [1.82, 2.24) is 5.06 Å². The van der Waals surface area contributed by atoms with Gasteiger partial charge in [-0.05, 0) is 17.5 Å². The van der Waals surface area contributed by atoms with Gasteiger partial charge in [0.2, 0.25) is 0 Å². The number of nitrogens with zero attached hydrogens (tertiary/aromatic N) is 1. The lowest BCUT2D eigenvalue weighted by Gasteiger charge is -2.35. The third-order valence-electron chi connectivity index (χ3n) is 4.31. The quantitative estimate of drug-likeness (QED) is 0.708. The molecular weight excluding hydrogens is 282 g/mol. The zero-order valence-electron chi connectivity index (χ0n) is 10.4. The summed E-state index contributed by atoms with van der Waals surface area (Å²) in [5, 5.41) is 1.91. The number of fused-ring (bicyclic) bond motifs is 4. The maximum atomic E-state index is 12.5. The van der Waals surface area contributed by atoms with Gasteiger partial charge in [-0.15, -0.1) is 0 Å². The number of hydroxylamine groups is 2. The Kier molecular flexibility index (Phi) is 2.71. The second kappa shape index (κ2) is 4.22.